The summed E-state index contributed by atoms with van der Waals surface area (Å²) in [6, 6.07) is 5.68. The largest absolute Gasteiger partial charge is 0.493 e. The van der Waals surface area contributed by atoms with E-state index in [1.807, 2.05) is 25.1 Å². The number of rotatable bonds is 5. The van der Waals surface area contributed by atoms with E-state index in [1.54, 1.807) is 4.90 Å². The van der Waals surface area contributed by atoms with Gasteiger partial charge in [-0.15, -0.1) is 0 Å². The number of carbonyl (C=O) groups excluding carboxylic acids is 1. The first kappa shape index (κ1) is 16.3. The number of benzene rings is 1. The maximum atomic E-state index is 12.7. The van der Waals surface area contributed by atoms with Gasteiger partial charge in [0.25, 0.3) is 5.91 Å². The van der Waals surface area contributed by atoms with Gasteiger partial charge in [0.2, 0.25) is 0 Å². The first-order valence-electron chi connectivity index (χ1n) is 7.80. The van der Waals surface area contributed by atoms with Gasteiger partial charge in [0, 0.05) is 24.0 Å². The summed E-state index contributed by atoms with van der Waals surface area (Å²) in [6.07, 6.45) is 0.923. The molecular formula is C17H20BrNO4. The second-order valence-electron chi connectivity index (χ2n) is 5.48. The SMILES string of the molecule is Cc1c(C(=O)N2CCOCC2)oc2cccc(OCCCBr)c12. The molecule has 0 radical (unpaired) electrons. The van der Waals surface area contributed by atoms with Crippen molar-refractivity contribution in [3.63, 3.8) is 0 Å². The number of alkyl halides is 1. The van der Waals surface area contributed by atoms with Crippen LogP contribution in [0.25, 0.3) is 11.0 Å². The van der Waals surface area contributed by atoms with E-state index in [-0.39, 0.29) is 5.91 Å². The Hall–Kier alpha value is -1.53. The van der Waals surface area contributed by atoms with E-state index in [2.05, 4.69) is 15.9 Å². The monoisotopic (exact) mass is 381 g/mol. The van der Waals surface area contributed by atoms with Crippen LogP contribution in [0.1, 0.15) is 22.5 Å². The number of ether oxygens (including phenoxy) is 2. The molecule has 1 fully saturated rings. The summed E-state index contributed by atoms with van der Waals surface area (Å²) in [6.45, 7) is 4.89. The predicted octanol–water partition coefficient (Wildman–Crippen LogP) is 3.38. The summed E-state index contributed by atoms with van der Waals surface area (Å²) >= 11 is 3.40. The van der Waals surface area contributed by atoms with E-state index >= 15 is 0 Å². The highest BCUT2D eigenvalue weighted by Crippen LogP contribution is 2.33. The smallest absolute Gasteiger partial charge is 0.290 e. The maximum Gasteiger partial charge on any atom is 0.290 e. The average molecular weight is 382 g/mol. The number of furan rings is 1. The number of carbonyl (C=O) groups is 1. The molecule has 1 aliphatic heterocycles. The summed E-state index contributed by atoms with van der Waals surface area (Å²) < 4.78 is 17.0. The van der Waals surface area contributed by atoms with Crippen molar-refractivity contribution in [1.29, 1.82) is 0 Å². The zero-order valence-electron chi connectivity index (χ0n) is 13.1. The molecule has 124 valence electrons. The van der Waals surface area contributed by atoms with Gasteiger partial charge in [0.05, 0.1) is 25.2 Å². The van der Waals surface area contributed by atoms with E-state index in [1.165, 1.54) is 0 Å². The van der Waals surface area contributed by atoms with Crippen LogP contribution < -0.4 is 4.74 Å². The molecule has 1 saturated heterocycles. The minimum absolute atomic E-state index is 0.0755. The normalized spacial score (nSPS) is 15.1. The molecule has 5 nitrogen and oxygen atoms in total. The van der Waals surface area contributed by atoms with Crippen molar-refractivity contribution in [2.75, 3.05) is 38.2 Å². The zero-order valence-corrected chi connectivity index (χ0v) is 14.7. The van der Waals surface area contributed by atoms with Crippen LogP contribution in [0, 0.1) is 6.92 Å². The molecule has 6 heteroatoms. The molecule has 23 heavy (non-hydrogen) atoms. The van der Waals surface area contributed by atoms with Crippen molar-refractivity contribution in [1.82, 2.24) is 4.90 Å². The molecule has 3 rings (SSSR count). The van der Waals surface area contributed by atoms with Gasteiger partial charge >= 0.3 is 0 Å². The van der Waals surface area contributed by atoms with Gasteiger partial charge in [-0.25, -0.2) is 0 Å². The average Bonchev–Trinajstić information content (AvgIpc) is 2.93. The van der Waals surface area contributed by atoms with Gasteiger partial charge in [-0.2, -0.15) is 0 Å². The van der Waals surface area contributed by atoms with Gasteiger partial charge in [-0.1, -0.05) is 22.0 Å². The first-order chi connectivity index (χ1) is 11.2. The van der Waals surface area contributed by atoms with Crippen LogP contribution in [0.5, 0.6) is 5.75 Å². The number of nitrogens with zero attached hydrogens (tertiary/aromatic N) is 1. The Balaban J connectivity index is 1.91. The summed E-state index contributed by atoms with van der Waals surface area (Å²) in [5, 5.41) is 1.78. The summed E-state index contributed by atoms with van der Waals surface area (Å²) in [5.74, 6) is 1.09. The van der Waals surface area contributed by atoms with Gasteiger partial charge in [0.15, 0.2) is 5.76 Å². The number of halogens is 1. The Morgan fingerprint density at radius 1 is 1.35 bits per heavy atom. The summed E-state index contributed by atoms with van der Waals surface area (Å²) in [5.41, 5.74) is 1.53. The number of hydrogen-bond donors (Lipinski definition) is 0. The van der Waals surface area contributed by atoms with Gasteiger partial charge in [0.1, 0.15) is 11.3 Å². The van der Waals surface area contributed by atoms with E-state index in [0.29, 0.717) is 44.3 Å². The van der Waals surface area contributed by atoms with E-state index in [4.69, 9.17) is 13.9 Å². The van der Waals surface area contributed by atoms with Crippen molar-refractivity contribution in [2.45, 2.75) is 13.3 Å². The fourth-order valence-electron chi connectivity index (χ4n) is 2.74. The van der Waals surface area contributed by atoms with E-state index < -0.39 is 0 Å². The van der Waals surface area contributed by atoms with Crippen molar-refractivity contribution in [3.05, 3.63) is 29.5 Å². The number of fused-ring (bicyclic) bond motifs is 1. The lowest BCUT2D eigenvalue weighted by atomic mass is 10.1. The molecule has 1 aromatic carbocycles. The molecule has 0 bridgehead atoms. The fourth-order valence-corrected chi connectivity index (χ4v) is 2.97. The van der Waals surface area contributed by atoms with Crippen molar-refractivity contribution in [2.24, 2.45) is 0 Å². The zero-order chi connectivity index (χ0) is 16.2. The molecule has 1 aromatic heterocycles. The Morgan fingerprint density at radius 3 is 2.87 bits per heavy atom. The first-order valence-corrected chi connectivity index (χ1v) is 8.92. The third-order valence-electron chi connectivity index (χ3n) is 3.94. The van der Waals surface area contributed by atoms with Crippen LogP contribution >= 0.6 is 15.9 Å². The summed E-state index contributed by atoms with van der Waals surface area (Å²) in [7, 11) is 0. The molecule has 0 aliphatic carbocycles. The Labute approximate surface area is 143 Å². The van der Waals surface area contributed by atoms with Gasteiger partial charge in [-0.3, -0.25) is 4.79 Å². The molecule has 2 heterocycles. The third-order valence-corrected chi connectivity index (χ3v) is 4.50. The lowest BCUT2D eigenvalue weighted by Crippen LogP contribution is -2.40. The third kappa shape index (κ3) is 3.38. The molecule has 1 amide bonds. The minimum atomic E-state index is -0.0755. The number of morpholine rings is 1. The second kappa shape index (κ2) is 7.36. The Bertz CT molecular complexity index is 691. The minimum Gasteiger partial charge on any atom is -0.493 e. The molecule has 0 N–H and O–H groups in total. The highest BCUT2D eigenvalue weighted by Gasteiger charge is 2.25. The quantitative estimate of drug-likeness (QED) is 0.588. The van der Waals surface area contributed by atoms with Gasteiger partial charge in [-0.05, 0) is 25.5 Å². The number of hydrogen-bond acceptors (Lipinski definition) is 4. The highest BCUT2D eigenvalue weighted by molar-refractivity contribution is 9.09. The molecule has 1 aliphatic rings. The number of amides is 1. The Kier molecular flexibility index (Phi) is 5.23. The highest BCUT2D eigenvalue weighted by atomic mass is 79.9. The van der Waals surface area contributed by atoms with Gasteiger partial charge < -0.3 is 18.8 Å². The van der Waals surface area contributed by atoms with Crippen molar-refractivity contribution in [3.8, 4) is 5.75 Å². The number of aryl methyl sites for hydroxylation is 1. The van der Waals surface area contributed by atoms with Crippen molar-refractivity contribution < 1.29 is 18.7 Å². The fraction of sp³-hybridized carbons (Fsp3) is 0.471. The molecule has 0 unspecified atom stereocenters. The van der Waals surface area contributed by atoms with Crippen molar-refractivity contribution >= 4 is 32.8 Å². The van der Waals surface area contributed by atoms with Crippen LogP contribution in [0.4, 0.5) is 0 Å². The molecule has 2 aromatic rings. The van der Waals surface area contributed by atoms with Crippen LogP contribution in [0.3, 0.4) is 0 Å². The topological polar surface area (TPSA) is 51.9 Å². The van der Waals surface area contributed by atoms with E-state index in [9.17, 15) is 4.79 Å². The lowest BCUT2D eigenvalue weighted by molar-refractivity contribution is 0.0283. The molecule has 0 atom stereocenters. The Morgan fingerprint density at radius 2 is 2.13 bits per heavy atom. The molecule has 0 saturated carbocycles. The van der Waals surface area contributed by atoms with E-state index in [0.717, 1.165) is 28.5 Å². The predicted molar refractivity (Wildman–Crippen MR) is 91.6 cm³/mol. The van der Waals surface area contributed by atoms with Crippen LogP contribution in [0.15, 0.2) is 22.6 Å². The maximum absolute atomic E-state index is 12.7. The van der Waals surface area contributed by atoms with Crippen LogP contribution in [0.2, 0.25) is 0 Å². The second-order valence-corrected chi connectivity index (χ2v) is 6.27. The van der Waals surface area contributed by atoms with Crippen LogP contribution in [-0.2, 0) is 4.74 Å². The molecular weight excluding hydrogens is 362 g/mol. The summed E-state index contributed by atoms with van der Waals surface area (Å²) in [4.78, 5) is 14.5. The lowest BCUT2D eigenvalue weighted by Gasteiger charge is -2.26. The molecule has 0 spiro atoms. The van der Waals surface area contributed by atoms with Crippen LogP contribution in [-0.4, -0.2) is 49.0 Å². The standard InChI is InChI=1S/C17H20BrNO4/c1-12-15-13(22-9-3-6-18)4-2-5-14(15)23-16(12)17(20)19-7-10-21-11-8-19/h2,4-5H,3,6-11H2,1H3.